The van der Waals surface area contributed by atoms with Crippen LogP contribution in [-0.2, 0) is 0 Å². The molecule has 1 unspecified atom stereocenters. The van der Waals surface area contributed by atoms with E-state index in [2.05, 4.69) is 15.2 Å². The number of likely N-dealkylation sites (N-methyl/N-ethyl adjacent to an activating group) is 1. The molecule has 5 heteroatoms. The number of nitrogens with zero attached hydrogens (tertiary/aromatic N) is 1. The molecule has 0 fully saturated rings. The third-order valence-corrected chi connectivity index (χ3v) is 3.27. The molecule has 0 bridgehead atoms. The van der Waals surface area contributed by atoms with E-state index in [0.29, 0.717) is 18.5 Å². The molecular formula is C14H20N4O. The Balaban J connectivity index is 2.20. The third kappa shape index (κ3) is 3.13. The zero-order valence-corrected chi connectivity index (χ0v) is 11.3. The molecule has 2 aromatic rings. The van der Waals surface area contributed by atoms with Gasteiger partial charge < -0.3 is 20.9 Å². The first kappa shape index (κ1) is 13.6. The van der Waals surface area contributed by atoms with Crippen LogP contribution in [0.2, 0.25) is 0 Å². The molecule has 5 nitrogen and oxygen atoms in total. The van der Waals surface area contributed by atoms with Crippen LogP contribution in [0.3, 0.4) is 0 Å². The van der Waals surface area contributed by atoms with Gasteiger partial charge in [-0.25, -0.2) is 0 Å². The second kappa shape index (κ2) is 5.86. The van der Waals surface area contributed by atoms with Crippen molar-refractivity contribution in [1.29, 1.82) is 0 Å². The van der Waals surface area contributed by atoms with Gasteiger partial charge >= 0.3 is 0 Å². The minimum atomic E-state index is 0.0194. The SMILES string of the molecule is CN(C)C(CN)CNc1cc(=O)c2ccccc2[nH]1. The molecule has 19 heavy (non-hydrogen) atoms. The van der Waals surface area contributed by atoms with Gasteiger partial charge in [-0.1, -0.05) is 12.1 Å². The Labute approximate surface area is 112 Å². The molecule has 0 aliphatic rings. The summed E-state index contributed by atoms with van der Waals surface area (Å²) in [5, 5.41) is 3.94. The number of benzene rings is 1. The summed E-state index contributed by atoms with van der Waals surface area (Å²) >= 11 is 0. The Hall–Kier alpha value is -1.85. The number of rotatable bonds is 5. The number of H-pyrrole nitrogens is 1. The molecule has 0 saturated heterocycles. The van der Waals surface area contributed by atoms with E-state index in [1.165, 1.54) is 0 Å². The number of fused-ring (bicyclic) bond motifs is 1. The van der Waals surface area contributed by atoms with E-state index in [-0.39, 0.29) is 11.5 Å². The predicted octanol–water partition coefficient (Wildman–Crippen LogP) is 0.829. The average molecular weight is 260 g/mol. The highest BCUT2D eigenvalue weighted by Crippen LogP contribution is 2.10. The quantitative estimate of drug-likeness (QED) is 0.744. The van der Waals surface area contributed by atoms with Crippen molar-refractivity contribution in [2.24, 2.45) is 5.73 Å². The van der Waals surface area contributed by atoms with Gasteiger partial charge in [-0.05, 0) is 26.2 Å². The van der Waals surface area contributed by atoms with Crippen molar-refractivity contribution in [1.82, 2.24) is 9.88 Å². The number of hydrogen-bond acceptors (Lipinski definition) is 4. The maximum atomic E-state index is 12.0. The molecule has 0 spiro atoms. The Morgan fingerprint density at radius 1 is 1.37 bits per heavy atom. The highest BCUT2D eigenvalue weighted by molar-refractivity contribution is 5.79. The summed E-state index contributed by atoms with van der Waals surface area (Å²) in [7, 11) is 3.98. The molecular weight excluding hydrogens is 240 g/mol. The standard InChI is InChI=1S/C14H20N4O/c1-18(2)10(8-15)9-16-14-7-13(19)11-5-3-4-6-12(11)17-14/h3-7,10H,8-9,15H2,1-2H3,(H2,16,17,19). The predicted molar refractivity (Wildman–Crippen MR) is 79.6 cm³/mol. The third-order valence-electron chi connectivity index (χ3n) is 3.27. The molecule has 1 heterocycles. The number of aromatic nitrogens is 1. The summed E-state index contributed by atoms with van der Waals surface area (Å²) in [6, 6.07) is 9.31. The van der Waals surface area contributed by atoms with E-state index < -0.39 is 0 Å². The highest BCUT2D eigenvalue weighted by atomic mass is 16.1. The van der Waals surface area contributed by atoms with E-state index in [1.54, 1.807) is 6.07 Å². The van der Waals surface area contributed by atoms with Crippen molar-refractivity contribution >= 4 is 16.7 Å². The van der Waals surface area contributed by atoms with Gasteiger partial charge in [0.05, 0.1) is 5.52 Å². The summed E-state index contributed by atoms with van der Waals surface area (Å²) in [5.74, 6) is 0.726. The van der Waals surface area contributed by atoms with Crippen molar-refractivity contribution in [3.8, 4) is 0 Å². The molecule has 2 rings (SSSR count). The van der Waals surface area contributed by atoms with Crippen LogP contribution in [0, 0.1) is 0 Å². The maximum Gasteiger partial charge on any atom is 0.191 e. The first-order chi connectivity index (χ1) is 9.11. The van der Waals surface area contributed by atoms with Crippen molar-refractivity contribution in [3.05, 3.63) is 40.6 Å². The summed E-state index contributed by atoms with van der Waals surface area (Å²) in [6.45, 7) is 1.26. The number of nitrogens with two attached hydrogens (primary N) is 1. The van der Waals surface area contributed by atoms with Crippen molar-refractivity contribution in [2.75, 3.05) is 32.5 Å². The lowest BCUT2D eigenvalue weighted by Crippen LogP contribution is -2.40. The summed E-state index contributed by atoms with van der Waals surface area (Å²) in [5.41, 5.74) is 6.56. The van der Waals surface area contributed by atoms with Crippen molar-refractivity contribution < 1.29 is 0 Å². The zero-order chi connectivity index (χ0) is 13.8. The number of anilines is 1. The second-order valence-electron chi connectivity index (χ2n) is 4.83. The van der Waals surface area contributed by atoms with Crippen LogP contribution in [0.1, 0.15) is 0 Å². The fourth-order valence-electron chi connectivity index (χ4n) is 2.00. The molecule has 0 amide bonds. The van der Waals surface area contributed by atoms with Gasteiger partial charge in [0.25, 0.3) is 0 Å². The zero-order valence-electron chi connectivity index (χ0n) is 11.3. The average Bonchev–Trinajstić information content (AvgIpc) is 2.39. The van der Waals surface area contributed by atoms with Gasteiger partial charge in [-0.3, -0.25) is 4.79 Å². The van der Waals surface area contributed by atoms with E-state index in [0.717, 1.165) is 11.3 Å². The smallest absolute Gasteiger partial charge is 0.191 e. The van der Waals surface area contributed by atoms with E-state index >= 15 is 0 Å². The largest absolute Gasteiger partial charge is 0.370 e. The lowest BCUT2D eigenvalue weighted by Gasteiger charge is -2.23. The van der Waals surface area contributed by atoms with Gasteiger partial charge in [-0.2, -0.15) is 0 Å². The van der Waals surface area contributed by atoms with Crippen LogP contribution < -0.4 is 16.5 Å². The molecule has 0 saturated carbocycles. The maximum absolute atomic E-state index is 12.0. The van der Waals surface area contributed by atoms with Gasteiger partial charge in [0.1, 0.15) is 5.82 Å². The first-order valence-corrected chi connectivity index (χ1v) is 6.34. The Morgan fingerprint density at radius 2 is 2.11 bits per heavy atom. The fraction of sp³-hybridized carbons (Fsp3) is 0.357. The summed E-state index contributed by atoms with van der Waals surface area (Å²) in [6.07, 6.45) is 0. The summed E-state index contributed by atoms with van der Waals surface area (Å²) in [4.78, 5) is 17.2. The van der Waals surface area contributed by atoms with Crippen LogP contribution in [0.15, 0.2) is 35.1 Å². The normalized spacial score (nSPS) is 12.8. The van der Waals surface area contributed by atoms with Crippen LogP contribution in [0.5, 0.6) is 0 Å². The lowest BCUT2D eigenvalue weighted by molar-refractivity contribution is 0.311. The molecule has 0 aliphatic heterocycles. The van der Waals surface area contributed by atoms with Gasteiger partial charge in [0, 0.05) is 30.6 Å². The molecule has 1 atom stereocenters. The molecule has 0 radical (unpaired) electrons. The Kier molecular flexibility index (Phi) is 4.19. The van der Waals surface area contributed by atoms with Gasteiger partial charge in [0.15, 0.2) is 5.43 Å². The molecule has 4 N–H and O–H groups in total. The Morgan fingerprint density at radius 3 is 2.79 bits per heavy atom. The van der Waals surface area contributed by atoms with Crippen LogP contribution in [0.4, 0.5) is 5.82 Å². The number of aromatic amines is 1. The number of pyridine rings is 1. The Bertz CT molecular complexity index is 606. The topological polar surface area (TPSA) is 74.2 Å². The lowest BCUT2D eigenvalue weighted by atomic mass is 10.2. The first-order valence-electron chi connectivity index (χ1n) is 6.34. The highest BCUT2D eigenvalue weighted by Gasteiger charge is 2.09. The van der Waals surface area contributed by atoms with Crippen LogP contribution >= 0.6 is 0 Å². The van der Waals surface area contributed by atoms with E-state index in [1.807, 2.05) is 38.4 Å². The van der Waals surface area contributed by atoms with Crippen molar-refractivity contribution in [2.45, 2.75) is 6.04 Å². The molecule has 1 aromatic heterocycles. The van der Waals surface area contributed by atoms with Crippen LogP contribution in [-0.4, -0.2) is 43.1 Å². The van der Waals surface area contributed by atoms with E-state index in [4.69, 9.17) is 5.73 Å². The molecule has 1 aromatic carbocycles. The fourth-order valence-corrected chi connectivity index (χ4v) is 2.00. The number of para-hydroxylation sites is 1. The minimum absolute atomic E-state index is 0.0194. The van der Waals surface area contributed by atoms with Gasteiger partial charge in [-0.15, -0.1) is 0 Å². The molecule has 0 aliphatic carbocycles. The number of nitrogens with one attached hydrogen (secondary N) is 2. The monoisotopic (exact) mass is 260 g/mol. The van der Waals surface area contributed by atoms with Gasteiger partial charge in [0.2, 0.25) is 0 Å². The summed E-state index contributed by atoms with van der Waals surface area (Å²) < 4.78 is 0. The minimum Gasteiger partial charge on any atom is -0.370 e. The van der Waals surface area contributed by atoms with E-state index in [9.17, 15) is 4.79 Å². The van der Waals surface area contributed by atoms with Crippen molar-refractivity contribution in [3.63, 3.8) is 0 Å². The number of hydrogen-bond donors (Lipinski definition) is 3. The van der Waals surface area contributed by atoms with Crippen LogP contribution in [0.25, 0.3) is 10.9 Å². The molecule has 102 valence electrons. The second-order valence-corrected chi connectivity index (χ2v) is 4.83.